The second-order valence-corrected chi connectivity index (χ2v) is 21.0. The van der Waals surface area contributed by atoms with Crippen LogP contribution in [0, 0.1) is 5.82 Å². The third-order valence-electron chi connectivity index (χ3n) is 14.7. The lowest BCUT2D eigenvalue weighted by Crippen LogP contribution is -2.52. The van der Waals surface area contributed by atoms with E-state index in [1.807, 2.05) is 46.2 Å². The summed E-state index contributed by atoms with van der Waals surface area (Å²) in [6, 6.07) is 39.8. The largest absolute Gasteiger partial charge is 0.489 e. The zero-order valence-corrected chi connectivity index (χ0v) is 42.9. The van der Waals surface area contributed by atoms with Crippen molar-refractivity contribution < 1.29 is 37.8 Å². The summed E-state index contributed by atoms with van der Waals surface area (Å²) in [5, 5.41) is 2.60. The van der Waals surface area contributed by atoms with Crippen LogP contribution in [0.1, 0.15) is 101 Å². The van der Waals surface area contributed by atoms with Gasteiger partial charge in [-0.2, -0.15) is 0 Å². The molecule has 4 aliphatic heterocycles. The van der Waals surface area contributed by atoms with Gasteiger partial charge in [-0.15, -0.1) is 0 Å². The Labute approximate surface area is 429 Å². The molecule has 4 heterocycles. The van der Waals surface area contributed by atoms with Crippen LogP contribution in [-0.4, -0.2) is 90.4 Å². The lowest BCUT2D eigenvalue weighted by Gasteiger charge is -2.41. The number of nitrogens with two attached hydrogens (primary N) is 1. The Balaban J connectivity index is 0.000000197. The van der Waals surface area contributed by atoms with Crippen molar-refractivity contribution in [3.8, 4) is 17.2 Å². The molecule has 4 amide bonds. The Morgan fingerprint density at radius 1 is 0.603 bits per heavy atom. The quantitative estimate of drug-likeness (QED) is 0.125. The highest BCUT2D eigenvalue weighted by atomic mass is 19.1. The predicted octanol–water partition coefficient (Wildman–Crippen LogP) is 9.09. The first-order valence-electron chi connectivity index (χ1n) is 25.7. The Bertz CT molecular complexity index is 2670. The van der Waals surface area contributed by atoms with E-state index in [0.717, 1.165) is 104 Å². The minimum absolute atomic E-state index is 0.00278. The number of halogens is 1. The fourth-order valence-electron chi connectivity index (χ4n) is 10.1. The number of amides is 4. The SMILES string of the molecule is CC(=O)NCC(=O)N1CCC2(CC1)CCN(Cc1ccc(OCc3ccc(F)cc3)cc1)c1ccccc1O2.CC(C)(C)c1ccc(CN2CCC3(CCN(C(=O)CCC(N)=O)CC3)Oc3ccccc32)cc1. The predicted molar refractivity (Wildman–Crippen MR) is 282 cm³/mol. The molecule has 4 aliphatic rings. The number of carbonyl (C=O) groups is 4. The lowest BCUT2D eigenvalue weighted by atomic mass is 9.86. The van der Waals surface area contributed by atoms with Crippen molar-refractivity contribution in [2.24, 2.45) is 5.73 Å². The summed E-state index contributed by atoms with van der Waals surface area (Å²) in [5.41, 5.74) is 11.6. The summed E-state index contributed by atoms with van der Waals surface area (Å²) in [4.78, 5) is 55.6. The molecule has 386 valence electrons. The number of nitrogens with one attached hydrogen (secondary N) is 1. The van der Waals surface area contributed by atoms with E-state index in [-0.39, 0.29) is 59.5 Å². The number of piperidine rings is 2. The first-order valence-corrected chi connectivity index (χ1v) is 25.7. The van der Waals surface area contributed by atoms with Gasteiger partial charge >= 0.3 is 0 Å². The fraction of sp³-hybridized carbons (Fsp3) is 0.424. The molecule has 9 rings (SSSR count). The fourth-order valence-corrected chi connectivity index (χ4v) is 10.1. The molecule has 0 saturated carbocycles. The van der Waals surface area contributed by atoms with E-state index in [0.29, 0.717) is 32.8 Å². The van der Waals surface area contributed by atoms with Gasteiger partial charge in [-0.05, 0) is 76.2 Å². The Morgan fingerprint density at radius 3 is 1.53 bits per heavy atom. The number of primary amides is 1. The maximum atomic E-state index is 13.1. The summed E-state index contributed by atoms with van der Waals surface area (Å²) in [6.07, 6.45) is 5.14. The number of anilines is 2. The first kappa shape index (κ1) is 52.2. The number of hydrogen-bond donors (Lipinski definition) is 2. The van der Waals surface area contributed by atoms with Crippen LogP contribution in [0.25, 0.3) is 0 Å². The zero-order valence-electron chi connectivity index (χ0n) is 42.9. The van der Waals surface area contributed by atoms with E-state index in [1.54, 1.807) is 12.1 Å². The molecule has 73 heavy (non-hydrogen) atoms. The molecule has 0 atom stereocenters. The summed E-state index contributed by atoms with van der Waals surface area (Å²) in [5.74, 6) is 1.61. The zero-order chi connectivity index (χ0) is 51.6. The molecule has 0 unspecified atom stereocenters. The number of likely N-dealkylation sites (tertiary alicyclic amines) is 2. The molecule has 0 bridgehead atoms. The van der Waals surface area contributed by atoms with Gasteiger partial charge in [0.05, 0.1) is 17.9 Å². The van der Waals surface area contributed by atoms with Crippen LogP contribution in [0.2, 0.25) is 0 Å². The van der Waals surface area contributed by atoms with Crippen molar-refractivity contribution in [2.45, 2.75) is 115 Å². The average Bonchev–Trinajstić information content (AvgIpc) is 3.62. The van der Waals surface area contributed by atoms with Crippen molar-refractivity contribution in [3.05, 3.63) is 149 Å². The van der Waals surface area contributed by atoms with Gasteiger partial charge in [-0.1, -0.05) is 93.6 Å². The van der Waals surface area contributed by atoms with E-state index in [4.69, 9.17) is 19.9 Å². The third kappa shape index (κ3) is 13.9. The summed E-state index contributed by atoms with van der Waals surface area (Å²) in [7, 11) is 0. The normalized spacial score (nSPS) is 16.8. The van der Waals surface area contributed by atoms with Gasteiger partial charge in [-0.25, -0.2) is 4.39 Å². The van der Waals surface area contributed by atoms with E-state index < -0.39 is 5.91 Å². The van der Waals surface area contributed by atoms with E-state index in [1.165, 1.54) is 30.2 Å². The van der Waals surface area contributed by atoms with Crippen molar-refractivity contribution in [2.75, 3.05) is 55.6 Å². The Hall–Kier alpha value is -7.09. The average molecular weight is 995 g/mol. The van der Waals surface area contributed by atoms with E-state index >= 15 is 0 Å². The molecule has 2 saturated heterocycles. The molecule has 0 radical (unpaired) electrons. The van der Waals surface area contributed by atoms with E-state index in [9.17, 15) is 23.6 Å². The molecular formula is C59H71FN6O7. The summed E-state index contributed by atoms with van der Waals surface area (Å²) in [6.45, 7) is 14.4. The second kappa shape index (κ2) is 23.2. The van der Waals surface area contributed by atoms with Gasteiger partial charge in [0.15, 0.2) is 0 Å². The van der Waals surface area contributed by atoms with Crippen molar-refractivity contribution in [3.63, 3.8) is 0 Å². The minimum Gasteiger partial charge on any atom is -0.489 e. The number of benzene rings is 5. The maximum Gasteiger partial charge on any atom is 0.241 e. The van der Waals surface area contributed by atoms with Gasteiger partial charge in [-0.3, -0.25) is 19.2 Å². The standard InChI is InChI=1S/C31H34FN3O4.C28H37N3O3/c1-23(36)33-20-30(37)34-17-14-31(15-18-34)16-19-35(28-4-2-3-5-29(28)39-31)21-24-8-12-27(13-9-24)38-22-25-6-10-26(32)11-7-25;1-27(2,3)22-10-8-21(9-11-22)20-31-19-16-28(34-24-7-5-4-6-23(24)31)14-17-30(18-15-28)26(33)13-12-25(29)32/h2-13H,14-22H2,1H3,(H,33,36);4-11H,12-20H2,1-3H3,(H2,29,32). The molecule has 2 fully saturated rings. The number of nitrogens with zero attached hydrogens (tertiary/aromatic N) is 4. The monoisotopic (exact) mass is 995 g/mol. The van der Waals surface area contributed by atoms with Gasteiger partial charge in [0.1, 0.15) is 40.9 Å². The first-order chi connectivity index (χ1) is 35.0. The molecule has 14 heteroatoms. The summed E-state index contributed by atoms with van der Waals surface area (Å²) < 4.78 is 32.4. The van der Waals surface area contributed by atoms with Crippen molar-refractivity contribution in [1.82, 2.24) is 15.1 Å². The highest BCUT2D eigenvalue weighted by Crippen LogP contribution is 2.43. The molecule has 0 aliphatic carbocycles. The topological polar surface area (TPSA) is 147 Å². The summed E-state index contributed by atoms with van der Waals surface area (Å²) >= 11 is 0. The number of carbonyl (C=O) groups excluding carboxylic acids is 4. The maximum absolute atomic E-state index is 13.1. The van der Waals surface area contributed by atoms with Crippen molar-refractivity contribution >= 4 is 35.0 Å². The number of hydrogen-bond acceptors (Lipinski definition) is 9. The molecule has 0 aromatic heterocycles. The lowest BCUT2D eigenvalue weighted by molar-refractivity contribution is -0.136. The highest BCUT2D eigenvalue weighted by Gasteiger charge is 2.42. The van der Waals surface area contributed by atoms with Gasteiger partial charge in [0, 0.05) is 111 Å². The van der Waals surface area contributed by atoms with Crippen LogP contribution in [-0.2, 0) is 44.3 Å². The van der Waals surface area contributed by atoms with Crippen LogP contribution < -0.4 is 35.1 Å². The smallest absolute Gasteiger partial charge is 0.241 e. The van der Waals surface area contributed by atoms with Crippen LogP contribution in [0.5, 0.6) is 17.2 Å². The minimum atomic E-state index is -0.432. The number of ether oxygens (including phenoxy) is 3. The van der Waals surface area contributed by atoms with E-state index in [2.05, 4.69) is 96.6 Å². The number of para-hydroxylation sites is 4. The Kier molecular flexibility index (Phi) is 16.6. The molecule has 3 N–H and O–H groups in total. The molecule has 13 nitrogen and oxygen atoms in total. The third-order valence-corrected chi connectivity index (χ3v) is 14.7. The van der Waals surface area contributed by atoms with Gasteiger partial charge < -0.3 is 44.9 Å². The van der Waals surface area contributed by atoms with Crippen LogP contribution in [0.15, 0.2) is 121 Å². The molecular weight excluding hydrogens is 924 g/mol. The molecule has 2 spiro atoms. The van der Waals surface area contributed by atoms with Crippen LogP contribution >= 0.6 is 0 Å². The van der Waals surface area contributed by atoms with Gasteiger partial charge in [0.2, 0.25) is 23.6 Å². The van der Waals surface area contributed by atoms with Crippen molar-refractivity contribution in [1.29, 1.82) is 0 Å². The Morgan fingerprint density at radius 2 is 1.05 bits per heavy atom. The number of fused-ring (bicyclic) bond motifs is 2. The van der Waals surface area contributed by atoms with Crippen LogP contribution in [0.4, 0.5) is 15.8 Å². The molecule has 5 aromatic carbocycles. The number of rotatable bonds is 12. The molecule has 5 aromatic rings. The van der Waals surface area contributed by atoms with Crippen LogP contribution in [0.3, 0.4) is 0 Å². The van der Waals surface area contributed by atoms with Gasteiger partial charge in [0.25, 0.3) is 0 Å². The second-order valence-electron chi connectivity index (χ2n) is 21.0. The highest BCUT2D eigenvalue weighted by molar-refractivity contribution is 5.84.